The van der Waals surface area contributed by atoms with E-state index < -0.39 is 10.0 Å². The largest absolute Gasteiger partial charge is 0.506 e. The van der Waals surface area contributed by atoms with Crippen LogP contribution in [-0.4, -0.2) is 38.8 Å². The molecule has 3 aromatic carbocycles. The molecule has 7 nitrogen and oxygen atoms in total. The number of ether oxygens (including phenoxy) is 1. The lowest BCUT2D eigenvalue weighted by molar-refractivity contribution is 0.0980. The molecule has 0 unspecified atom stereocenters. The molecule has 0 radical (unpaired) electrons. The molecule has 32 heavy (non-hydrogen) atoms. The molecule has 4 rings (SSSR count). The molecule has 0 saturated carbocycles. The summed E-state index contributed by atoms with van der Waals surface area (Å²) in [6.45, 7) is 1.96. The Morgan fingerprint density at radius 3 is 2.44 bits per heavy atom. The third-order valence-corrected chi connectivity index (χ3v) is 6.84. The summed E-state index contributed by atoms with van der Waals surface area (Å²) >= 11 is 0. The minimum Gasteiger partial charge on any atom is -0.506 e. The van der Waals surface area contributed by atoms with Crippen LogP contribution in [0, 0.1) is 0 Å². The topological polar surface area (TPSA) is 95.9 Å². The molecule has 166 valence electrons. The predicted molar refractivity (Wildman–Crippen MR) is 125 cm³/mol. The van der Waals surface area contributed by atoms with Crippen molar-refractivity contribution in [2.24, 2.45) is 0 Å². The van der Waals surface area contributed by atoms with Crippen molar-refractivity contribution in [3.63, 3.8) is 0 Å². The van der Waals surface area contributed by atoms with Gasteiger partial charge in [-0.15, -0.1) is 0 Å². The number of carbonyl (C=O) groups excluding carboxylic acids is 1. The van der Waals surface area contributed by atoms with Crippen molar-refractivity contribution in [2.75, 3.05) is 29.0 Å². The highest BCUT2D eigenvalue weighted by Gasteiger charge is 2.26. The molecule has 0 bridgehead atoms. The van der Waals surface area contributed by atoms with Gasteiger partial charge < -0.3 is 14.7 Å². The minimum absolute atomic E-state index is 0.0535. The highest BCUT2D eigenvalue weighted by molar-refractivity contribution is 7.92. The first-order valence-electron chi connectivity index (χ1n) is 10.2. The monoisotopic (exact) mass is 452 g/mol. The summed E-state index contributed by atoms with van der Waals surface area (Å²) in [5.41, 5.74) is 4.20. The number of fused-ring (bicyclic) bond motifs is 1. The van der Waals surface area contributed by atoms with Crippen LogP contribution in [0.4, 0.5) is 11.4 Å². The van der Waals surface area contributed by atoms with Crippen molar-refractivity contribution >= 4 is 27.3 Å². The van der Waals surface area contributed by atoms with Gasteiger partial charge >= 0.3 is 0 Å². The van der Waals surface area contributed by atoms with Crippen LogP contribution >= 0.6 is 0 Å². The number of methoxy groups -OCH3 is 1. The Morgan fingerprint density at radius 2 is 1.75 bits per heavy atom. The maximum absolute atomic E-state index is 13.2. The van der Waals surface area contributed by atoms with Gasteiger partial charge in [-0.2, -0.15) is 0 Å². The molecule has 1 heterocycles. The second-order valence-electron chi connectivity index (χ2n) is 7.51. The van der Waals surface area contributed by atoms with Gasteiger partial charge in [-0.25, -0.2) is 8.42 Å². The van der Waals surface area contributed by atoms with Crippen LogP contribution in [0.3, 0.4) is 0 Å². The van der Waals surface area contributed by atoms with Gasteiger partial charge in [-0.3, -0.25) is 9.52 Å². The molecule has 0 aliphatic carbocycles. The lowest BCUT2D eigenvalue weighted by atomic mass is 9.93. The van der Waals surface area contributed by atoms with Crippen LogP contribution in [-0.2, 0) is 16.4 Å². The molecule has 0 saturated heterocycles. The van der Waals surface area contributed by atoms with E-state index in [0.717, 1.165) is 22.4 Å². The molecular formula is C24H24N2O5S. The average molecular weight is 453 g/mol. The minimum atomic E-state index is -3.56. The number of nitrogens with one attached hydrogen (secondary N) is 1. The third-order valence-electron chi connectivity index (χ3n) is 5.55. The Balaban J connectivity index is 1.61. The molecule has 1 aliphatic heterocycles. The fraction of sp³-hybridized carbons (Fsp3) is 0.208. The van der Waals surface area contributed by atoms with Gasteiger partial charge in [0.05, 0.1) is 18.6 Å². The van der Waals surface area contributed by atoms with Crippen LogP contribution in [0.2, 0.25) is 0 Å². The number of hydrogen-bond donors (Lipinski definition) is 2. The zero-order chi connectivity index (χ0) is 22.9. The lowest BCUT2D eigenvalue weighted by Crippen LogP contribution is -2.37. The van der Waals surface area contributed by atoms with Crippen LogP contribution in [0.15, 0.2) is 60.7 Å². The fourth-order valence-corrected chi connectivity index (χ4v) is 4.35. The first-order chi connectivity index (χ1) is 15.3. The molecule has 3 aromatic rings. The van der Waals surface area contributed by atoms with Crippen molar-refractivity contribution in [2.45, 2.75) is 13.3 Å². The maximum atomic E-state index is 13.2. The summed E-state index contributed by atoms with van der Waals surface area (Å²) in [5.74, 6) is 0.303. The second kappa shape index (κ2) is 8.55. The van der Waals surface area contributed by atoms with E-state index >= 15 is 0 Å². The quantitative estimate of drug-likeness (QED) is 0.551. The van der Waals surface area contributed by atoms with Gasteiger partial charge in [0.25, 0.3) is 5.91 Å². The number of phenols is 1. The highest BCUT2D eigenvalue weighted by atomic mass is 32.2. The van der Waals surface area contributed by atoms with E-state index in [2.05, 4.69) is 4.72 Å². The van der Waals surface area contributed by atoms with E-state index in [1.54, 1.807) is 18.1 Å². The van der Waals surface area contributed by atoms with E-state index in [4.69, 9.17) is 4.74 Å². The van der Waals surface area contributed by atoms with Crippen molar-refractivity contribution in [3.05, 3.63) is 71.8 Å². The number of nitrogens with zero attached hydrogens (tertiary/aromatic N) is 1. The average Bonchev–Trinajstić information content (AvgIpc) is 2.80. The number of phenolic OH excluding ortho intramolecular Hbond substituents is 1. The Hall–Kier alpha value is -3.52. The van der Waals surface area contributed by atoms with Crippen molar-refractivity contribution in [1.82, 2.24) is 0 Å². The summed E-state index contributed by atoms with van der Waals surface area (Å²) < 4.78 is 31.4. The number of benzene rings is 3. The SMILES string of the molecule is CCS(=O)(=O)Nc1cc(N2CCc3cc(-c4ccc(OC)cc4)ccc3C2=O)ccc1O. The number of aromatic hydroxyl groups is 1. The van der Waals surface area contributed by atoms with E-state index in [0.29, 0.717) is 24.2 Å². The van der Waals surface area contributed by atoms with Gasteiger partial charge in [-0.05, 0) is 66.4 Å². The Labute approximate surface area is 187 Å². The van der Waals surface area contributed by atoms with E-state index in [1.165, 1.54) is 19.1 Å². The number of sulfonamides is 1. The normalized spacial score (nSPS) is 13.6. The summed E-state index contributed by atoms with van der Waals surface area (Å²) in [7, 11) is -1.94. The highest BCUT2D eigenvalue weighted by Crippen LogP contribution is 2.33. The molecule has 2 N–H and O–H groups in total. The molecular weight excluding hydrogens is 428 g/mol. The first kappa shape index (κ1) is 21.7. The smallest absolute Gasteiger partial charge is 0.258 e. The lowest BCUT2D eigenvalue weighted by Gasteiger charge is -2.29. The molecule has 1 amide bonds. The number of rotatable bonds is 6. The van der Waals surface area contributed by atoms with Gasteiger partial charge in [0.1, 0.15) is 11.5 Å². The van der Waals surface area contributed by atoms with Crippen molar-refractivity contribution < 1.29 is 23.1 Å². The van der Waals surface area contributed by atoms with Gasteiger partial charge in [-0.1, -0.05) is 24.3 Å². The molecule has 1 aliphatic rings. The molecule has 8 heteroatoms. The molecule has 0 atom stereocenters. The predicted octanol–water partition coefficient (Wildman–Crippen LogP) is 4.03. The van der Waals surface area contributed by atoms with Crippen LogP contribution in [0.25, 0.3) is 11.1 Å². The number of anilines is 2. The van der Waals surface area contributed by atoms with E-state index in [1.807, 2.05) is 42.5 Å². The number of amides is 1. The summed E-state index contributed by atoms with van der Waals surface area (Å²) in [5, 5.41) is 10.0. The third kappa shape index (κ3) is 4.27. The zero-order valence-electron chi connectivity index (χ0n) is 17.8. The summed E-state index contributed by atoms with van der Waals surface area (Å²) in [6, 6.07) is 18.0. The van der Waals surface area contributed by atoms with Crippen LogP contribution in [0.5, 0.6) is 11.5 Å². The number of carbonyl (C=O) groups is 1. The Bertz CT molecular complexity index is 1270. The fourth-order valence-electron chi connectivity index (χ4n) is 3.71. The second-order valence-corrected chi connectivity index (χ2v) is 9.53. The van der Waals surface area contributed by atoms with Crippen molar-refractivity contribution in [1.29, 1.82) is 0 Å². The summed E-state index contributed by atoms with van der Waals surface area (Å²) in [6.07, 6.45) is 0.655. The molecule has 0 spiro atoms. The Morgan fingerprint density at radius 1 is 1.03 bits per heavy atom. The standard InChI is InChI=1S/C24H24N2O5S/c1-3-32(29,30)25-22-15-19(7-11-23(22)27)26-13-12-18-14-17(6-10-21(18)24(26)28)16-4-8-20(31-2)9-5-16/h4-11,14-15,25,27H,3,12-13H2,1-2H3. The van der Waals surface area contributed by atoms with Gasteiger partial charge in [0, 0.05) is 17.8 Å². The Kier molecular flexibility index (Phi) is 5.80. The first-order valence-corrected chi connectivity index (χ1v) is 11.9. The maximum Gasteiger partial charge on any atom is 0.258 e. The molecule has 0 aromatic heterocycles. The van der Waals surface area contributed by atoms with Crippen LogP contribution in [0.1, 0.15) is 22.8 Å². The zero-order valence-corrected chi connectivity index (χ0v) is 18.6. The number of hydrogen-bond acceptors (Lipinski definition) is 5. The van der Waals surface area contributed by atoms with Crippen molar-refractivity contribution in [3.8, 4) is 22.6 Å². The van der Waals surface area contributed by atoms with E-state index in [9.17, 15) is 18.3 Å². The van der Waals surface area contributed by atoms with E-state index in [-0.39, 0.29) is 23.1 Å². The summed E-state index contributed by atoms with van der Waals surface area (Å²) in [4.78, 5) is 14.8. The van der Waals surface area contributed by atoms with Gasteiger partial charge in [0.15, 0.2) is 0 Å². The van der Waals surface area contributed by atoms with Gasteiger partial charge in [0.2, 0.25) is 10.0 Å². The van der Waals surface area contributed by atoms with Crippen LogP contribution < -0.4 is 14.4 Å². The molecule has 0 fully saturated rings.